The van der Waals surface area contributed by atoms with Crippen molar-refractivity contribution >= 4 is 17.3 Å². The third kappa shape index (κ3) is 2.35. The molecule has 1 atom stereocenters. The van der Waals surface area contributed by atoms with E-state index < -0.39 is 4.92 Å². The molecular weight excluding hydrogens is 244 g/mol. The molecule has 0 aliphatic carbocycles. The molecule has 0 bridgehead atoms. The van der Waals surface area contributed by atoms with Gasteiger partial charge in [-0.3, -0.25) is 10.1 Å². The summed E-state index contributed by atoms with van der Waals surface area (Å²) in [5.74, 6) is 0.359. The quantitative estimate of drug-likeness (QED) is 0.601. The second kappa shape index (κ2) is 4.50. The number of benzene rings is 1. The van der Waals surface area contributed by atoms with Gasteiger partial charge in [0.2, 0.25) is 5.75 Å². The van der Waals surface area contributed by atoms with Gasteiger partial charge in [-0.25, -0.2) is 0 Å². The Morgan fingerprint density at radius 3 is 2.82 bits per heavy atom. The summed E-state index contributed by atoms with van der Waals surface area (Å²) in [6, 6.07) is 3.29. The first-order chi connectivity index (χ1) is 7.99. The molecule has 0 amide bonds. The van der Waals surface area contributed by atoms with E-state index in [2.05, 4.69) is 0 Å². The average molecular weight is 257 g/mol. The minimum absolute atomic E-state index is 0.0512. The number of rotatable bonds is 2. The summed E-state index contributed by atoms with van der Waals surface area (Å²) in [5.41, 5.74) is 0.749. The Labute approximate surface area is 104 Å². The van der Waals surface area contributed by atoms with Crippen LogP contribution in [0.3, 0.4) is 0 Å². The lowest BCUT2D eigenvalue weighted by Gasteiger charge is -2.29. The zero-order chi connectivity index (χ0) is 12.6. The maximum atomic E-state index is 10.9. The van der Waals surface area contributed by atoms with Gasteiger partial charge < -0.3 is 9.64 Å². The molecule has 0 saturated heterocycles. The topological polar surface area (TPSA) is 55.6 Å². The van der Waals surface area contributed by atoms with E-state index in [1.807, 2.05) is 19.0 Å². The summed E-state index contributed by atoms with van der Waals surface area (Å²) in [7, 11) is 3.91. The van der Waals surface area contributed by atoms with Gasteiger partial charge in [0.05, 0.1) is 4.92 Å². The highest BCUT2D eigenvalue weighted by Crippen LogP contribution is 2.37. The second-order valence-electron chi connectivity index (χ2n) is 4.30. The van der Waals surface area contributed by atoms with Crippen molar-refractivity contribution in [3.8, 4) is 5.75 Å². The van der Waals surface area contributed by atoms with Crippen molar-refractivity contribution in [2.75, 3.05) is 20.7 Å². The predicted molar refractivity (Wildman–Crippen MR) is 64.8 cm³/mol. The van der Waals surface area contributed by atoms with Gasteiger partial charge >= 0.3 is 5.69 Å². The van der Waals surface area contributed by atoms with Gasteiger partial charge in [0.15, 0.2) is 0 Å². The standard InChI is InChI=1S/C11H13ClN2O3/c1-13(2)9-4-7-3-8(12)5-10(14(15)16)11(7)17-6-9/h3,5,9H,4,6H2,1-2H3. The first kappa shape index (κ1) is 12.1. The fourth-order valence-electron chi connectivity index (χ4n) is 1.91. The van der Waals surface area contributed by atoms with Crippen LogP contribution in [0, 0.1) is 10.1 Å². The van der Waals surface area contributed by atoms with Gasteiger partial charge in [-0.05, 0) is 26.6 Å². The van der Waals surface area contributed by atoms with E-state index in [-0.39, 0.29) is 11.7 Å². The maximum Gasteiger partial charge on any atom is 0.312 e. The smallest absolute Gasteiger partial charge is 0.312 e. The summed E-state index contributed by atoms with van der Waals surface area (Å²) in [5, 5.41) is 11.3. The molecule has 1 unspecified atom stereocenters. The highest BCUT2D eigenvalue weighted by atomic mass is 35.5. The van der Waals surface area contributed by atoms with E-state index in [9.17, 15) is 10.1 Å². The fraction of sp³-hybridized carbons (Fsp3) is 0.455. The number of ether oxygens (including phenoxy) is 1. The Kier molecular flexibility index (Phi) is 3.22. The van der Waals surface area contributed by atoms with Crippen molar-refractivity contribution < 1.29 is 9.66 Å². The lowest BCUT2D eigenvalue weighted by Crippen LogP contribution is -2.38. The van der Waals surface area contributed by atoms with Crippen LogP contribution in [0.5, 0.6) is 5.75 Å². The molecule has 1 heterocycles. The van der Waals surface area contributed by atoms with Crippen molar-refractivity contribution in [1.29, 1.82) is 0 Å². The van der Waals surface area contributed by atoms with Crippen molar-refractivity contribution in [1.82, 2.24) is 4.90 Å². The molecule has 6 heteroatoms. The maximum absolute atomic E-state index is 10.9. The number of nitrogens with zero attached hydrogens (tertiary/aromatic N) is 2. The van der Waals surface area contributed by atoms with Gasteiger partial charge in [0.25, 0.3) is 0 Å². The van der Waals surface area contributed by atoms with Crippen molar-refractivity contribution in [3.05, 3.63) is 32.8 Å². The van der Waals surface area contributed by atoms with Gasteiger partial charge in [-0.15, -0.1) is 0 Å². The number of likely N-dealkylation sites (N-methyl/N-ethyl adjacent to an activating group) is 1. The first-order valence-corrected chi connectivity index (χ1v) is 5.63. The number of fused-ring (bicyclic) bond motifs is 1. The molecule has 0 aromatic heterocycles. The monoisotopic (exact) mass is 256 g/mol. The van der Waals surface area contributed by atoms with E-state index in [1.54, 1.807) is 6.07 Å². The number of hydrogen-bond donors (Lipinski definition) is 0. The molecule has 0 saturated carbocycles. The molecule has 1 aliphatic heterocycles. The highest BCUT2D eigenvalue weighted by Gasteiger charge is 2.28. The number of nitro groups is 1. The van der Waals surface area contributed by atoms with E-state index >= 15 is 0 Å². The zero-order valence-electron chi connectivity index (χ0n) is 9.64. The van der Waals surface area contributed by atoms with Gasteiger partial charge in [0.1, 0.15) is 6.61 Å². The highest BCUT2D eigenvalue weighted by molar-refractivity contribution is 6.31. The zero-order valence-corrected chi connectivity index (χ0v) is 10.4. The van der Waals surface area contributed by atoms with Crippen LogP contribution in [0.2, 0.25) is 5.02 Å². The molecule has 0 radical (unpaired) electrons. The molecule has 5 nitrogen and oxygen atoms in total. The molecular formula is C11H13ClN2O3. The first-order valence-electron chi connectivity index (χ1n) is 5.25. The molecule has 1 aromatic carbocycles. The van der Waals surface area contributed by atoms with Gasteiger partial charge in [-0.2, -0.15) is 0 Å². The van der Waals surface area contributed by atoms with E-state index in [1.165, 1.54) is 6.07 Å². The van der Waals surface area contributed by atoms with Gasteiger partial charge in [0, 0.05) is 22.7 Å². The Morgan fingerprint density at radius 1 is 1.53 bits per heavy atom. The van der Waals surface area contributed by atoms with Crippen LogP contribution in [-0.4, -0.2) is 36.6 Å². The molecule has 1 aliphatic rings. The lowest BCUT2D eigenvalue weighted by molar-refractivity contribution is -0.386. The number of nitro benzene ring substituents is 1. The third-order valence-corrected chi connectivity index (χ3v) is 3.13. The molecule has 0 N–H and O–H groups in total. The SMILES string of the molecule is CN(C)C1COc2c(cc(Cl)cc2[N+](=O)[O-])C1. The molecule has 17 heavy (non-hydrogen) atoms. The molecule has 1 aromatic rings. The third-order valence-electron chi connectivity index (χ3n) is 2.91. The summed E-state index contributed by atoms with van der Waals surface area (Å²) in [6.45, 7) is 0.461. The Hall–Kier alpha value is -1.33. The Bertz CT molecular complexity index is 462. The molecule has 92 valence electrons. The van der Waals surface area contributed by atoms with Crippen molar-refractivity contribution in [2.24, 2.45) is 0 Å². The van der Waals surface area contributed by atoms with Crippen LogP contribution in [0.25, 0.3) is 0 Å². The van der Waals surface area contributed by atoms with E-state index in [4.69, 9.17) is 16.3 Å². The summed E-state index contributed by atoms with van der Waals surface area (Å²) in [6.07, 6.45) is 0.712. The number of hydrogen-bond acceptors (Lipinski definition) is 4. The van der Waals surface area contributed by atoms with E-state index in [0.29, 0.717) is 23.8 Å². The Morgan fingerprint density at radius 2 is 2.24 bits per heavy atom. The second-order valence-corrected chi connectivity index (χ2v) is 4.74. The van der Waals surface area contributed by atoms with Crippen LogP contribution in [0.4, 0.5) is 5.69 Å². The molecule has 2 rings (SSSR count). The van der Waals surface area contributed by atoms with Crippen LogP contribution in [0.15, 0.2) is 12.1 Å². The summed E-state index contributed by atoms with van der Waals surface area (Å²) < 4.78 is 5.50. The molecule has 0 spiro atoms. The van der Waals surface area contributed by atoms with Crippen molar-refractivity contribution in [2.45, 2.75) is 12.5 Å². The summed E-state index contributed by atoms with van der Waals surface area (Å²) in [4.78, 5) is 12.5. The van der Waals surface area contributed by atoms with E-state index in [0.717, 1.165) is 5.56 Å². The van der Waals surface area contributed by atoms with Gasteiger partial charge in [-0.1, -0.05) is 11.6 Å². The average Bonchev–Trinajstić information content (AvgIpc) is 2.26. The summed E-state index contributed by atoms with van der Waals surface area (Å²) >= 11 is 5.88. The fourth-order valence-corrected chi connectivity index (χ4v) is 2.15. The number of halogens is 1. The van der Waals surface area contributed by atoms with Crippen LogP contribution in [-0.2, 0) is 6.42 Å². The lowest BCUT2D eigenvalue weighted by atomic mass is 10.0. The largest absolute Gasteiger partial charge is 0.485 e. The van der Waals surface area contributed by atoms with Crippen LogP contribution >= 0.6 is 11.6 Å². The normalized spacial score (nSPS) is 18.7. The molecule has 0 fully saturated rings. The minimum Gasteiger partial charge on any atom is -0.485 e. The predicted octanol–water partition coefficient (Wildman–Crippen LogP) is 2.11. The van der Waals surface area contributed by atoms with Crippen LogP contribution < -0.4 is 4.74 Å². The van der Waals surface area contributed by atoms with Crippen molar-refractivity contribution in [3.63, 3.8) is 0 Å². The van der Waals surface area contributed by atoms with Crippen LogP contribution in [0.1, 0.15) is 5.56 Å². The Balaban J connectivity index is 2.42. The minimum atomic E-state index is -0.458.